The number of aldehydes is 1. The van der Waals surface area contributed by atoms with Crippen molar-refractivity contribution in [2.45, 2.75) is 6.92 Å². The van der Waals surface area contributed by atoms with Crippen molar-refractivity contribution in [1.82, 2.24) is 4.57 Å². The summed E-state index contributed by atoms with van der Waals surface area (Å²) >= 11 is 11.9. The van der Waals surface area contributed by atoms with Crippen LogP contribution in [0.3, 0.4) is 0 Å². The Labute approximate surface area is 97.4 Å². The van der Waals surface area contributed by atoms with E-state index in [1.54, 1.807) is 12.1 Å². The summed E-state index contributed by atoms with van der Waals surface area (Å²) in [5, 5.41) is 1.82. The second-order valence-electron chi connectivity index (χ2n) is 3.46. The maximum absolute atomic E-state index is 11.0. The SMILES string of the molecule is Cc1c(C=O)c2cc(Cl)c(Cl)cc2n1C. The van der Waals surface area contributed by atoms with Gasteiger partial charge in [0.15, 0.2) is 6.29 Å². The summed E-state index contributed by atoms with van der Waals surface area (Å²) in [5.74, 6) is 0. The van der Waals surface area contributed by atoms with Crippen molar-refractivity contribution in [1.29, 1.82) is 0 Å². The number of halogens is 2. The predicted octanol–water partition coefficient (Wildman–Crippen LogP) is 3.61. The number of carbonyl (C=O) groups excluding carboxylic acids is 1. The lowest BCUT2D eigenvalue weighted by Crippen LogP contribution is -1.91. The van der Waals surface area contributed by atoms with Crippen molar-refractivity contribution in [3.05, 3.63) is 33.4 Å². The third-order valence-electron chi connectivity index (χ3n) is 2.70. The fraction of sp³-hybridized carbons (Fsp3) is 0.182. The first kappa shape index (κ1) is 10.5. The highest BCUT2D eigenvalue weighted by molar-refractivity contribution is 6.42. The molecule has 0 N–H and O–H groups in total. The maximum atomic E-state index is 11.0. The number of benzene rings is 1. The topological polar surface area (TPSA) is 22.0 Å². The summed E-state index contributed by atoms with van der Waals surface area (Å²) in [6, 6.07) is 3.51. The molecule has 0 aliphatic carbocycles. The van der Waals surface area contributed by atoms with Crippen LogP contribution in [0.4, 0.5) is 0 Å². The van der Waals surface area contributed by atoms with E-state index in [0.717, 1.165) is 22.9 Å². The molecule has 0 unspecified atom stereocenters. The molecule has 0 aliphatic heterocycles. The van der Waals surface area contributed by atoms with Gasteiger partial charge in [0.1, 0.15) is 0 Å². The Balaban J connectivity index is 2.97. The van der Waals surface area contributed by atoms with Gasteiger partial charge in [-0.3, -0.25) is 4.79 Å². The average Bonchev–Trinajstić information content (AvgIpc) is 2.42. The summed E-state index contributed by atoms with van der Waals surface area (Å²) < 4.78 is 1.93. The predicted molar refractivity (Wildman–Crippen MR) is 63.1 cm³/mol. The van der Waals surface area contributed by atoms with E-state index in [9.17, 15) is 4.79 Å². The molecule has 0 radical (unpaired) electrons. The van der Waals surface area contributed by atoms with Crippen molar-refractivity contribution in [2.24, 2.45) is 7.05 Å². The molecule has 0 spiro atoms. The summed E-state index contributed by atoms with van der Waals surface area (Å²) in [6.45, 7) is 1.89. The van der Waals surface area contributed by atoms with Gasteiger partial charge in [-0.15, -0.1) is 0 Å². The molecule has 4 heteroatoms. The smallest absolute Gasteiger partial charge is 0.152 e. The standard InChI is InChI=1S/C11H9Cl2NO/c1-6-8(5-15)7-3-9(12)10(13)4-11(7)14(6)2/h3-5H,1-2H3. The first-order valence-corrected chi connectivity index (χ1v) is 5.21. The minimum atomic E-state index is 0.470. The quantitative estimate of drug-likeness (QED) is 0.700. The molecule has 1 heterocycles. The van der Waals surface area contributed by atoms with E-state index in [-0.39, 0.29) is 0 Å². The monoisotopic (exact) mass is 241 g/mol. The molecule has 2 aromatic rings. The minimum absolute atomic E-state index is 0.470. The lowest BCUT2D eigenvalue weighted by Gasteiger charge is -1.99. The van der Waals surface area contributed by atoms with Crippen LogP contribution in [0.25, 0.3) is 10.9 Å². The number of nitrogens with zero attached hydrogens (tertiary/aromatic N) is 1. The van der Waals surface area contributed by atoms with Crippen LogP contribution in [-0.4, -0.2) is 10.9 Å². The van der Waals surface area contributed by atoms with Crippen molar-refractivity contribution in [2.75, 3.05) is 0 Å². The maximum Gasteiger partial charge on any atom is 0.152 e. The number of rotatable bonds is 1. The van der Waals surface area contributed by atoms with Crippen LogP contribution in [0.15, 0.2) is 12.1 Å². The Morgan fingerprint density at radius 2 is 1.87 bits per heavy atom. The molecule has 2 rings (SSSR count). The van der Waals surface area contributed by atoms with E-state index in [1.165, 1.54) is 0 Å². The van der Waals surface area contributed by atoms with Gasteiger partial charge in [0, 0.05) is 23.7 Å². The third kappa shape index (κ3) is 1.45. The Hall–Kier alpha value is -0.990. The number of fused-ring (bicyclic) bond motifs is 1. The molecule has 0 saturated heterocycles. The van der Waals surface area contributed by atoms with Gasteiger partial charge in [-0.25, -0.2) is 0 Å². The third-order valence-corrected chi connectivity index (χ3v) is 3.42. The van der Waals surface area contributed by atoms with Gasteiger partial charge in [0.25, 0.3) is 0 Å². The lowest BCUT2D eigenvalue weighted by molar-refractivity contribution is 0.112. The van der Waals surface area contributed by atoms with Crippen LogP contribution in [-0.2, 0) is 7.05 Å². The average molecular weight is 242 g/mol. The lowest BCUT2D eigenvalue weighted by atomic mass is 10.1. The van der Waals surface area contributed by atoms with Gasteiger partial charge in [-0.1, -0.05) is 23.2 Å². The Kier molecular flexibility index (Phi) is 2.49. The summed E-state index contributed by atoms with van der Waals surface area (Å²) in [5.41, 5.74) is 2.51. The van der Waals surface area contributed by atoms with E-state index < -0.39 is 0 Å². The van der Waals surface area contributed by atoms with Gasteiger partial charge in [-0.2, -0.15) is 0 Å². The van der Waals surface area contributed by atoms with Crippen molar-refractivity contribution >= 4 is 40.4 Å². The molecule has 0 bridgehead atoms. The van der Waals surface area contributed by atoms with E-state index in [0.29, 0.717) is 15.6 Å². The highest BCUT2D eigenvalue weighted by Gasteiger charge is 2.13. The van der Waals surface area contributed by atoms with E-state index in [4.69, 9.17) is 23.2 Å². The first-order valence-electron chi connectivity index (χ1n) is 4.45. The normalized spacial score (nSPS) is 10.9. The molecular formula is C11H9Cl2NO. The largest absolute Gasteiger partial charge is 0.347 e. The van der Waals surface area contributed by atoms with Crippen LogP contribution in [0, 0.1) is 6.92 Å². The van der Waals surface area contributed by atoms with E-state index in [1.807, 2.05) is 18.5 Å². The highest BCUT2D eigenvalue weighted by Crippen LogP contribution is 2.31. The summed E-state index contributed by atoms with van der Waals surface area (Å²) in [4.78, 5) is 11.0. The van der Waals surface area contributed by atoms with E-state index >= 15 is 0 Å². The Morgan fingerprint density at radius 1 is 1.27 bits per heavy atom. The molecule has 0 amide bonds. The zero-order valence-electron chi connectivity index (χ0n) is 8.34. The van der Waals surface area contributed by atoms with Gasteiger partial charge < -0.3 is 4.57 Å². The molecule has 1 aromatic heterocycles. The van der Waals surface area contributed by atoms with Crippen molar-refractivity contribution < 1.29 is 4.79 Å². The fourth-order valence-electron chi connectivity index (χ4n) is 1.73. The van der Waals surface area contributed by atoms with Crippen LogP contribution in [0.2, 0.25) is 10.0 Å². The van der Waals surface area contributed by atoms with E-state index in [2.05, 4.69) is 0 Å². The van der Waals surface area contributed by atoms with Crippen LogP contribution in [0.1, 0.15) is 16.1 Å². The molecule has 0 fully saturated rings. The summed E-state index contributed by atoms with van der Waals surface area (Å²) in [6.07, 6.45) is 0.849. The Bertz CT molecular complexity index is 557. The summed E-state index contributed by atoms with van der Waals surface area (Å²) in [7, 11) is 1.90. The van der Waals surface area contributed by atoms with Crippen LogP contribution >= 0.6 is 23.2 Å². The molecule has 15 heavy (non-hydrogen) atoms. The molecule has 0 atom stereocenters. The molecule has 78 valence electrons. The molecule has 0 saturated carbocycles. The zero-order chi connectivity index (χ0) is 11.2. The van der Waals surface area contributed by atoms with Gasteiger partial charge in [-0.05, 0) is 19.1 Å². The number of aryl methyl sites for hydroxylation is 1. The fourth-order valence-corrected chi connectivity index (χ4v) is 2.06. The molecular weight excluding hydrogens is 233 g/mol. The number of hydrogen-bond acceptors (Lipinski definition) is 1. The Morgan fingerprint density at radius 3 is 2.47 bits per heavy atom. The zero-order valence-corrected chi connectivity index (χ0v) is 9.86. The van der Waals surface area contributed by atoms with Gasteiger partial charge in [0.2, 0.25) is 0 Å². The molecule has 2 nitrogen and oxygen atoms in total. The second-order valence-corrected chi connectivity index (χ2v) is 4.27. The van der Waals surface area contributed by atoms with Gasteiger partial charge >= 0.3 is 0 Å². The number of aromatic nitrogens is 1. The second kappa shape index (κ2) is 3.54. The molecule has 0 aliphatic rings. The minimum Gasteiger partial charge on any atom is -0.347 e. The number of carbonyl (C=O) groups is 1. The van der Waals surface area contributed by atoms with Gasteiger partial charge in [0.05, 0.1) is 15.6 Å². The molecule has 1 aromatic carbocycles. The van der Waals surface area contributed by atoms with Crippen molar-refractivity contribution in [3.63, 3.8) is 0 Å². The van der Waals surface area contributed by atoms with Crippen molar-refractivity contribution in [3.8, 4) is 0 Å². The van der Waals surface area contributed by atoms with Crippen LogP contribution < -0.4 is 0 Å². The number of hydrogen-bond donors (Lipinski definition) is 0. The highest BCUT2D eigenvalue weighted by atomic mass is 35.5. The first-order chi connectivity index (χ1) is 7.06. The van der Waals surface area contributed by atoms with Crippen LogP contribution in [0.5, 0.6) is 0 Å².